The van der Waals surface area contributed by atoms with Gasteiger partial charge in [-0.3, -0.25) is 4.79 Å². The topological polar surface area (TPSA) is 46.3 Å². The molecule has 20 heavy (non-hydrogen) atoms. The first kappa shape index (κ1) is 14.9. The van der Waals surface area contributed by atoms with E-state index in [1.165, 1.54) is 12.1 Å². The number of rotatable bonds is 5. The van der Waals surface area contributed by atoms with E-state index in [1.54, 1.807) is 17.0 Å². The van der Waals surface area contributed by atoms with Crippen LogP contribution in [0.1, 0.15) is 31.2 Å². The van der Waals surface area contributed by atoms with Crippen LogP contribution in [0.3, 0.4) is 0 Å². The molecule has 0 spiro atoms. The van der Waals surface area contributed by atoms with Gasteiger partial charge in [-0.1, -0.05) is 37.2 Å². The number of carbonyl (C=O) groups is 1. The Balaban J connectivity index is 2.05. The van der Waals surface area contributed by atoms with Gasteiger partial charge in [0, 0.05) is 6.04 Å². The van der Waals surface area contributed by atoms with Gasteiger partial charge in [0.15, 0.2) is 0 Å². The van der Waals surface area contributed by atoms with Gasteiger partial charge in [0.1, 0.15) is 5.82 Å². The van der Waals surface area contributed by atoms with Gasteiger partial charge in [0.05, 0.1) is 18.0 Å². The van der Waals surface area contributed by atoms with E-state index in [9.17, 15) is 9.18 Å². The van der Waals surface area contributed by atoms with Crippen molar-refractivity contribution in [3.8, 4) is 0 Å². The normalized spacial score (nSPS) is 15.2. The molecular weight excluding hydrogens is 275 g/mol. The molecule has 0 aliphatic heterocycles. The maximum absolute atomic E-state index is 12.9. The summed E-state index contributed by atoms with van der Waals surface area (Å²) in [5.74, 6) is -0.284. The van der Waals surface area contributed by atoms with Crippen molar-refractivity contribution in [2.75, 3.05) is 6.54 Å². The summed E-state index contributed by atoms with van der Waals surface area (Å²) in [6, 6.07) is 6.26. The minimum atomic E-state index is -0.294. The molecule has 0 atom stereocenters. The van der Waals surface area contributed by atoms with Crippen molar-refractivity contribution in [3.63, 3.8) is 0 Å². The van der Waals surface area contributed by atoms with Crippen molar-refractivity contribution in [2.45, 2.75) is 38.1 Å². The van der Waals surface area contributed by atoms with Crippen molar-refractivity contribution in [3.05, 3.63) is 35.6 Å². The third-order valence-electron chi connectivity index (χ3n) is 3.68. The first-order valence-electron chi connectivity index (χ1n) is 6.88. The first-order valence-corrected chi connectivity index (χ1v) is 7.29. The second-order valence-corrected chi connectivity index (χ2v) is 5.75. The molecule has 1 aromatic carbocycles. The van der Waals surface area contributed by atoms with Crippen LogP contribution in [0.15, 0.2) is 24.3 Å². The highest BCUT2D eigenvalue weighted by Crippen LogP contribution is 2.24. The Morgan fingerprint density at radius 1 is 1.30 bits per heavy atom. The zero-order valence-corrected chi connectivity index (χ0v) is 12.2. The van der Waals surface area contributed by atoms with Crippen LogP contribution in [0.5, 0.6) is 0 Å². The van der Waals surface area contributed by atoms with Gasteiger partial charge in [-0.15, -0.1) is 0 Å². The molecule has 5 heteroatoms. The zero-order valence-electron chi connectivity index (χ0n) is 11.3. The molecule has 0 saturated heterocycles. The number of halogens is 1. The van der Waals surface area contributed by atoms with Crippen LogP contribution in [-0.2, 0) is 11.2 Å². The molecule has 1 aromatic rings. The first-order chi connectivity index (χ1) is 9.56. The largest absolute Gasteiger partial charge is 0.392 e. The van der Waals surface area contributed by atoms with E-state index in [0.717, 1.165) is 31.2 Å². The summed E-state index contributed by atoms with van der Waals surface area (Å²) in [4.78, 5) is 14.6. The molecule has 2 rings (SSSR count). The van der Waals surface area contributed by atoms with Crippen LogP contribution < -0.4 is 5.73 Å². The van der Waals surface area contributed by atoms with Crippen molar-refractivity contribution in [2.24, 2.45) is 5.73 Å². The summed E-state index contributed by atoms with van der Waals surface area (Å²) in [6.07, 6.45) is 4.57. The van der Waals surface area contributed by atoms with E-state index in [0.29, 0.717) is 11.5 Å². The molecule has 0 radical (unpaired) electrons. The van der Waals surface area contributed by atoms with Crippen molar-refractivity contribution in [1.82, 2.24) is 4.90 Å². The number of carbonyl (C=O) groups excluding carboxylic acids is 1. The molecule has 1 amide bonds. The van der Waals surface area contributed by atoms with E-state index in [2.05, 4.69) is 0 Å². The summed E-state index contributed by atoms with van der Waals surface area (Å²) in [7, 11) is 0. The molecule has 1 aliphatic carbocycles. The Labute approximate surface area is 123 Å². The van der Waals surface area contributed by atoms with Gasteiger partial charge in [0.2, 0.25) is 5.91 Å². The van der Waals surface area contributed by atoms with Crippen LogP contribution in [-0.4, -0.2) is 28.4 Å². The number of nitrogens with zero attached hydrogens (tertiary/aromatic N) is 1. The molecule has 1 saturated carbocycles. The Morgan fingerprint density at radius 3 is 2.45 bits per heavy atom. The van der Waals surface area contributed by atoms with Crippen molar-refractivity contribution < 1.29 is 9.18 Å². The average molecular weight is 294 g/mol. The Hall–Kier alpha value is -1.49. The summed E-state index contributed by atoms with van der Waals surface area (Å²) in [5, 5.41) is 0. The molecule has 1 aliphatic rings. The highest BCUT2D eigenvalue weighted by Gasteiger charge is 2.26. The van der Waals surface area contributed by atoms with E-state index >= 15 is 0 Å². The monoisotopic (exact) mass is 294 g/mol. The fraction of sp³-hybridized carbons (Fsp3) is 0.467. The van der Waals surface area contributed by atoms with Gasteiger partial charge in [-0.2, -0.15) is 0 Å². The Kier molecular flexibility index (Phi) is 5.06. The second kappa shape index (κ2) is 6.79. The lowest BCUT2D eigenvalue weighted by Crippen LogP contribution is -2.44. The molecule has 2 N–H and O–H groups in total. The summed E-state index contributed by atoms with van der Waals surface area (Å²) in [5.41, 5.74) is 6.41. The van der Waals surface area contributed by atoms with Gasteiger partial charge in [0.25, 0.3) is 0 Å². The van der Waals surface area contributed by atoms with E-state index < -0.39 is 0 Å². The molecule has 0 unspecified atom stereocenters. The number of hydrogen-bond donors (Lipinski definition) is 1. The number of amides is 1. The quantitative estimate of drug-likeness (QED) is 0.848. The molecule has 0 heterocycles. The minimum absolute atomic E-state index is 0.0105. The van der Waals surface area contributed by atoms with Crippen LogP contribution in [0.4, 0.5) is 4.39 Å². The number of hydrogen-bond acceptors (Lipinski definition) is 2. The smallest absolute Gasteiger partial charge is 0.227 e. The van der Waals surface area contributed by atoms with E-state index in [-0.39, 0.29) is 24.2 Å². The second-order valence-electron chi connectivity index (χ2n) is 5.23. The molecule has 3 nitrogen and oxygen atoms in total. The molecule has 0 bridgehead atoms. The lowest BCUT2D eigenvalue weighted by molar-refractivity contribution is -0.131. The molecule has 0 aromatic heterocycles. The predicted molar refractivity (Wildman–Crippen MR) is 80.9 cm³/mol. The number of nitrogens with two attached hydrogens (primary N) is 1. The van der Waals surface area contributed by atoms with Gasteiger partial charge in [-0.05, 0) is 30.5 Å². The SMILES string of the molecule is NC(=S)CN(C(=O)Cc1ccc(F)cc1)C1CCCC1. The molecule has 108 valence electrons. The van der Waals surface area contributed by atoms with E-state index in [1.807, 2.05) is 0 Å². The minimum Gasteiger partial charge on any atom is -0.392 e. The van der Waals surface area contributed by atoms with Crippen LogP contribution in [0.2, 0.25) is 0 Å². The van der Waals surface area contributed by atoms with Crippen LogP contribution in [0.25, 0.3) is 0 Å². The summed E-state index contributed by atoms with van der Waals surface area (Å²) >= 11 is 4.94. The lowest BCUT2D eigenvalue weighted by atomic mass is 10.1. The fourth-order valence-corrected chi connectivity index (χ4v) is 2.82. The number of benzene rings is 1. The Bertz CT molecular complexity index is 483. The maximum Gasteiger partial charge on any atom is 0.227 e. The summed E-state index contributed by atoms with van der Waals surface area (Å²) in [6.45, 7) is 0.333. The van der Waals surface area contributed by atoms with E-state index in [4.69, 9.17) is 18.0 Å². The Morgan fingerprint density at radius 2 is 1.90 bits per heavy atom. The van der Waals surface area contributed by atoms with Gasteiger partial charge < -0.3 is 10.6 Å². The maximum atomic E-state index is 12.9. The zero-order chi connectivity index (χ0) is 14.5. The van der Waals surface area contributed by atoms with Gasteiger partial charge in [-0.25, -0.2) is 4.39 Å². The van der Waals surface area contributed by atoms with Gasteiger partial charge >= 0.3 is 0 Å². The standard InChI is InChI=1S/C15H19FN2OS/c16-12-7-5-11(6-8-12)9-15(19)18(10-14(17)20)13-3-1-2-4-13/h5-8,13H,1-4,9-10H2,(H2,17,20). The lowest BCUT2D eigenvalue weighted by Gasteiger charge is -2.28. The summed E-state index contributed by atoms with van der Waals surface area (Å²) < 4.78 is 12.9. The third kappa shape index (κ3) is 4.00. The van der Waals surface area contributed by atoms with Crippen LogP contribution in [0, 0.1) is 5.82 Å². The number of thiocarbonyl (C=S) groups is 1. The average Bonchev–Trinajstić information content (AvgIpc) is 2.92. The van der Waals surface area contributed by atoms with Crippen molar-refractivity contribution in [1.29, 1.82) is 0 Å². The predicted octanol–water partition coefficient (Wildman–Crippen LogP) is 2.43. The van der Waals surface area contributed by atoms with Crippen LogP contribution >= 0.6 is 12.2 Å². The molecular formula is C15H19FN2OS. The molecule has 1 fully saturated rings. The fourth-order valence-electron chi connectivity index (χ4n) is 2.68. The highest BCUT2D eigenvalue weighted by molar-refractivity contribution is 7.80. The third-order valence-corrected chi connectivity index (χ3v) is 3.81. The highest BCUT2D eigenvalue weighted by atomic mass is 32.1. The van der Waals surface area contributed by atoms with Crippen molar-refractivity contribution >= 4 is 23.1 Å².